The van der Waals surface area contributed by atoms with Crippen molar-refractivity contribution in [2.45, 2.75) is 51.6 Å². The zero-order chi connectivity index (χ0) is 15.1. The molecule has 0 amide bonds. The second-order valence-electron chi connectivity index (χ2n) is 5.04. The van der Waals surface area contributed by atoms with Crippen molar-refractivity contribution in [3.8, 4) is 11.5 Å². The van der Waals surface area contributed by atoms with Crippen molar-refractivity contribution >= 4 is 0 Å². The van der Waals surface area contributed by atoms with E-state index in [9.17, 15) is 15.3 Å². The summed E-state index contributed by atoms with van der Waals surface area (Å²) < 4.78 is 11.3. The fraction of sp³-hybridized carbons (Fsp3) is 0.600. The maximum atomic E-state index is 9.51. The summed E-state index contributed by atoms with van der Waals surface area (Å²) in [7, 11) is 0. The molecule has 0 aliphatic heterocycles. The van der Waals surface area contributed by atoms with Crippen LogP contribution in [0.2, 0.25) is 0 Å². The second kappa shape index (κ2) is 8.09. The topological polar surface area (TPSA) is 79.2 Å². The summed E-state index contributed by atoms with van der Waals surface area (Å²) in [6.07, 6.45) is -1.59. The average molecular weight is 284 g/mol. The third-order valence-electron chi connectivity index (χ3n) is 2.85. The molecule has 4 atom stereocenters. The molecule has 1 rings (SSSR count). The Kier molecular flexibility index (Phi) is 6.78. The highest BCUT2D eigenvalue weighted by atomic mass is 16.5. The molecule has 0 fully saturated rings. The van der Waals surface area contributed by atoms with Gasteiger partial charge in [-0.1, -0.05) is 12.1 Å². The van der Waals surface area contributed by atoms with Crippen molar-refractivity contribution < 1.29 is 24.8 Å². The Labute approximate surface area is 119 Å². The highest BCUT2D eigenvalue weighted by Gasteiger charge is 2.18. The van der Waals surface area contributed by atoms with E-state index in [1.54, 1.807) is 32.0 Å². The molecule has 0 saturated carbocycles. The molecule has 1 aromatic carbocycles. The average Bonchev–Trinajstić information content (AvgIpc) is 2.36. The van der Waals surface area contributed by atoms with Crippen molar-refractivity contribution in [2.24, 2.45) is 0 Å². The smallest absolute Gasteiger partial charge is 0.161 e. The molecule has 0 unspecified atom stereocenters. The van der Waals surface area contributed by atoms with Crippen molar-refractivity contribution in [1.29, 1.82) is 0 Å². The van der Waals surface area contributed by atoms with Gasteiger partial charge in [0, 0.05) is 6.42 Å². The molecule has 3 N–H and O–H groups in total. The van der Waals surface area contributed by atoms with Crippen LogP contribution in [-0.4, -0.2) is 46.3 Å². The quantitative estimate of drug-likeness (QED) is 0.671. The first-order valence-corrected chi connectivity index (χ1v) is 6.83. The van der Waals surface area contributed by atoms with Gasteiger partial charge in [-0.25, -0.2) is 0 Å². The van der Waals surface area contributed by atoms with E-state index in [4.69, 9.17) is 9.47 Å². The Bertz CT molecular complexity index is 392. The number of hydrogen-bond acceptors (Lipinski definition) is 5. The Morgan fingerprint density at radius 2 is 1.55 bits per heavy atom. The first-order chi connectivity index (χ1) is 9.43. The summed E-state index contributed by atoms with van der Waals surface area (Å²) in [5, 5.41) is 28.0. The van der Waals surface area contributed by atoms with Gasteiger partial charge >= 0.3 is 0 Å². The maximum absolute atomic E-state index is 9.51. The Balaban J connectivity index is 2.77. The monoisotopic (exact) mass is 284 g/mol. The van der Waals surface area contributed by atoms with Crippen molar-refractivity contribution in [3.63, 3.8) is 0 Å². The third-order valence-corrected chi connectivity index (χ3v) is 2.85. The van der Waals surface area contributed by atoms with Crippen molar-refractivity contribution in [3.05, 3.63) is 24.3 Å². The number of aliphatic hydroxyl groups is 3. The molecule has 20 heavy (non-hydrogen) atoms. The van der Waals surface area contributed by atoms with E-state index in [1.165, 1.54) is 0 Å². The van der Waals surface area contributed by atoms with Gasteiger partial charge in [0.25, 0.3) is 0 Å². The van der Waals surface area contributed by atoms with E-state index >= 15 is 0 Å². The number of benzene rings is 1. The van der Waals surface area contributed by atoms with E-state index in [2.05, 4.69) is 0 Å². The SMILES string of the molecule is C[C@H](O)[C@H](CO)Oc1ccccc1O[C@@H](C)C[C@@H](C)O. The number of hydrogen-bond donors (Lipinski definition) is 3. The minimum absolute atomic E-state index is 0.168. The highest BCUT2D eigenvalue weighted by Crippen LogP contribution is 2.29. The van der Waals surface area contributed by atoms with Crippen LogP contribution in [0, 0.1) is 0 Å². The number of para-hydroxylation sites is 2. The molecule has 0 aliphatic carbocycles. The van der Waals surface area contributed by atoms with Gasteiger partial charge in [0.2, 0.25) is 0 Å². The predicted octanol–water partition coefficient (Wildman–Crippen LogP) is 1.35. The van der Waals surface area contributed by atoms with Gasteiger partial charge in [-0.3, -0.25) is 0 Å². The van der Waals surface area contributed by atoms with Crippen LogP contribution in [0.3, 0.4) is 0 Å². The molecule has 0 radical (unpaired) electrons. The van der Waals surface area contributed by atoms with Gasteiger partial charge in [-0.15, -0.1) is 0 Å². The van der Waals surface area contributed by atoms with Crippen molar-refractivity contribution in [2.75, 3.05) is 6.61 Å². The minimum Gasteiger partial charge on any atom is -0.487 e. The first kappa shape index (κ1) is 16.8. The molecule has 114 valence electrons. The van der Waals surface area contributed by atoms with Gasteiger partial charge in [0.1, 0.15) is 6.10 Å². The number of rotatable bonds is 8. The van der Waals surface area contributed by atoms with Gasteiger partial charge in [-0.2, -0.15) is 0 Å². The third kappa shape index (κ3) is 5.36. The molecule has 5 nitrogen and oxygen atoms in total. The molecular weight excluding hydrogens is 260 g/mol. The summed E-state index contributed by atoms with van der Waals surface area (Å²) in [6.45, 7) is 4.84. The molecule has 0 spiro atoms. The van der Waals surface area contributed by atoms with Crippen LogP contribution in [0.15, 0.2) is 24.3 Å². The van der Waals surface area contributed by atoms with Gasteiger partial charge < -0.3 is 24.8 Å². The molecule has 0 heterocycles. The molecule has 0 aliphatic rings. The molecule has 0 saturated heterocycles. The first-order valence-electron chi connectivity index (χ1n) is 6.83. The van der Waals surface area contributed by atoms with Crippen LogP contribution in [0.25, 0.3) is 0 Å². The van der Waals surface area contributed by atoms with E-state index in [0.717, 1.165) is 0 Å². The van der Waals surface area contributed by atoms with Crippen LogP contribution < -0.4 is 9.47 Å². The van der Waals surface area contributed by atoms with Crippen LogP contribution >= 0.6 is 0 Å². The minimum atomic E-state index is -0.789. The summed E-state index contributed by atoms with van der Waals surface area (Å²) in [5.41, 5.74) is 0. The molecule has 5 heteroatoms. The van der Waals surface area contributed by atoms with Gasteiger partial charge in [0.05, 0.1) is 24.9 Å². The van der Waals surface area contributed by atoms with Crippen LogP contribution in [0.1, 0.15) is 27.2 Å². The lowest BCUT2D eigenvalue weighted by Gasteiger charge is -2.23. The Morgan fingerprint density at radius 1 is 1.00 bits per heavy atom. The molecule has 0 bridgehead atoms. The lowest BCUT2D eigenvalue weighted by molar-refractivity contribution is 0.00933. The largest absolute Gasteiger partial charge is 0.487 e. The predicted molar refractivity (Wildman–Crippen MR) is 76.0 cm³/mol. The van der Waals surface area contributed by atoms with Crippen LogP contribution in [-0.2, 0) is 0 Å². The normalized spacial score (nSPS) is 17.1. The molecule has 1 aromatic rings. The van der Waals surface area contributed by atoms with Gasteiger partial charge in [-0.05, 0) is 32.9 Å². The summed E-state index contributed by atoms with van der Waals surface area (Å²) in [6, 6.07) is 7.07. The number of ether oxygens (including phenoxy) is 2. The summed E-state index contributed by atoms with van der Waals surface area (Å²) >= 11 is 0. The van der Waals surface area contributed by atoms with Crippen LogP contribution in [0.4, 0.5) is 0 Å². The lowest BCUT2D eigenvalue weighted by atomic mass is 10.2. The summed E-state index contributed by atoms with van der Waals surface area (Å²) in [5.74, 6) is 0.990. The fourth-order valence-corrected chi connectivity index (χ4v) is 1.84. The molecule has 0 aromatic heterocycles. The maximum Gasteiger partial charge on any atom is 0.161 e. The van der Waals surface area contributed by atoms with Crippen LogP contribution in [0.5, 0.6) is 11.5 Å². The zero-order valence-corrected chi connectivity index (χ0v) is 12.2. The standard InChI is InChI=1S/C15H24O5/c1-10(17)8-11(2)19-13-6-4-5-7-14(13)20-15(9-16)12(3)18/h4-7,10-12,15-18H,8-9H2,1-3H3/t10-,11+,12+,15+/m1/s1. The van der Waals surface area contributed by atoms with Gasteiger partial charge in [0.15, 0.2) is 11.5 Å². The van der Waals surface area contributed by atoms with E-state index in [-0.39, 0.29) is 12.7 Å². The molecular formula is C15H24O5. The fourth-order valence-electron chi connectivity index (χ4n) is 1.84. The van der Waals surface area contributed by atoms with E-state index in [1.807, 2.05) is 13.0 Å². The second-order valence-corrected chi connectivity index (χ2v) is 5.04. The highest BCUT2D eigenvalue weighted by molar-refractivity contribution is 5.39. The Morgan fingerprint density at radius 3 is 2.00 bits per heavy atom. The number of aliphatic hydroxyl groups excluding tert-OH is 3. The Hall–Kier alpha value is -1.30. The van der Waals surface area contributed by atoms with E-state index < -0.39 is 18.3 Å². The zero-order valence-electron chi connectivity index (χ0n) is 12.2. The lowest BCUT2D eigenvalue weighted by Crippen LogP contribution is -2.33. The van der Waals surface area contributed by atoms with E-state index in [0.29, 0.717) is 17.9 Å². The summed E-state index contributed by atoms with van der Waals surface area (Å²) in [4.78, 5) is 0. The van der Waals surface area contributed by atoms with Crippen molar-refractivity contribution in [1.82, 2.24) is 0 Å².